The van der Waals surface area contributed by atoms with Crippen molar-refractivity contribution >= 4 is 23.4 Å². The number of amides is 2. The first-order valence-corrected chi connectivity index (χ1v) is 9.15. The summed E-state index contributed by atoms with van der Waals surface area (Å²) < 4.78 is 15.2. The predicted octanol–water partition coefficient (Wildman–Crippen LogP) is 1.39. The van der Waals surface area contributed by atoms with Crippen LogP contribution in [0.2, 0.25) is 5.02 Å². The molecule has 2 aliphatic rings. The number of hydrogen-bond donors (Lipinski definition) is 2. The van der Waals surface area contributed by atoms with Gasteiger partial charge in [0, 0.05) is 18.5 Å². The normalized spacial score (nSPS) is 16.7. The highest BCUT2D eigenvalue weighted by atomic mass is 35.5. The Bertz CT molecular complexity index is 925. The van der Waals surface area contributed by atoms with E-state index in [0.29, 0.717) is 42.4 Å². The van der Waals surface area contributed by atoms with Crippen molar-refractivity contribution in [3.05, 3.63) is 40.3 Å². The first-order chi connectivity index (χ1) is 12.9. The summed E-state index contributed by atoms with van der Waals surface area (Å²) in [7, 11) is 0. The molecule has 0 spiro atoms. The summed E-state index contributed by atoms with van der Waals surface area (Å²) in [6.45, 7) is 2.99. The number of aromatic nitrogens is 2. The van der Waals surface area contributed by atoms with Crippen LogP contribution in [-0.2, 0) is 17.9 Å². The highest BCUT2D eigenvalue weighted by Gasteiger charge is 2.31. The molecule has 1 aromatic carbocycles. The Morgan fingerprint density at radius 3 is 2.74 bits per heavy atom. The number of primary amides is 1. The van der Waals surface area contributed by atoms with Gasteiger partial charge in [0.25, 0.3) is 5.91 Å². The molecule has 1 fully saturated rings. The largest absolute Gasteiger partial charge is 0.365 e. The summed E-state index contributed by atoms with van der Waals surface area (Å²) >= 11 is 5.87. The Balaban J connectivity index is 1.66. The predicted molar refractivity (Wildman–Crippen MR) is 97.5 cm³/mol. The van der Waals surface area contributed by atoms with Gasteiger partial charge in [-0.2, -0.15) is 5.10 Å². The molecule has 4 rings (SSSR count). The molecule has 9 heteroatoms. The van der Waals surface area contributed by atoms with Gasteiger partial charge in [-0.1, -0.05) is 11.6 Å². The lowest BCUT2D eigenvalue weighted by Crippen LogP contribution is -2.46. The summed E-state index contributed by atoms with van der Waals surface area (Å²) in [5.41, 5.74) is 7.33. The molecule has 0 saturated carbocycles. The van der Waals surface area contributed by atoms with Crippen molar-refractivity contribution < 1.29 is 14.0 Å². The average Bonchev–Trinajstić information content (AvgIpc) is 2.99. The molecule has 142 valence electrons. The van der Waals surface area contributed by atoms with Crippen LogP contribution >= 0.6 is 11.6 Å². The highest BCUT2D eigenvalue weighted by molar-refractivity contribution is 6.31. The Morgan fingerprint density at radius 2 is 2.11 bits per heavy atom. The zero-order chi connectivity index (χ0) is 19.1. The van der Waals surface area contributed by atoms with Crippen LogP contribution < -0.4 is 11.1 Å². The summed E-state index contributed by atoms with van der Waals surface area (Å²) in [5.74, 6) is -0.746. The fraction of sp³-hybridized carbons (Fsp3) is 0.389. The summed E-state index contributed by atoms with van der Waals surface area (Å²) in [6.07, 6.45) is 0.494. The highest BCUT2D eigenvalue weighted by Crippen LogP contribution is 2.31. The molecule has 3 N–H and O–H groups in total. The number of benzene rings is 1. The molecule has 0 bridgehead atoms. The Morgan fingerprint density at radius 1 is 1.33 bits per heavy atom. The van der Waals surface area contributed by atoms with Gasteiger partial charge in [-0.3, -0.25) is 14.3 Å². The van der Waals surface area contributed by atoms with Gasteiger partial charge in [-0.25, -0.2) is 4.39 Å². The number of halogens is 2. The van der Waals surface area contributed by atoms with Gasteiger partial charge in [-0.05, 0) is 37.2 Å². The van der Waals surface area contributed by atoms with Crippen molar-refractivity contribution in [2.24, 2.45) is 11.7 Å². The number of nitrogens with zero attached hydrogens (tertiary/aromatic N) is 3. The Hall–Kier alpha value is -2.45. The molecule has 0 radical (unpaired) electrons. The molecule has 2 amide bonds. The van der Waals surface area contributed by atoms with Crippen LogP contribution in [0.25, 0.3) is 11.3 Å². The lowest BCUT2D eigenvalue weighted by atomic mass is 9.98. The average molecular weight is 392 g/mol. The lowest BCUT2D eigenvalue weighted by molar-refractivity contribution is -0.134. The number of rotatable bonds is 4. The molecule has 2 aromatic rings. The van der Waals surface area contributed by atoms with E-state index in [1.807, 2.05) is 0 Å². The second-order valence-electron chi connectivity index (χ2n) is 6.93. The van der Waals surface area contributed by atoms with Crippen LogP contribution in [0.4, 0.5) is 4.39 Å². The number of fused-ring (bicyclic) bond motifs is 1. The van der Waals surface area contributed by atoms with Crippen LogP contribution in [0.3, 0.4) is 0 Å². The molecular weight excluding hydrogens is 373 g/mol. The van der Waals surface area contributed by atoms with E-state index in [1.165, 1.54) is 18.2 Å². The topological polar surface area (TPSA) is 93.2 Å². The van der Waals surface area contributed by atoms with Crippen molar-refractivity contribution in [2.45, 2.75) is 19.5 Å². The smallest absolute Gasteiger partial charge is 0.252 e. The first-order valence-electron chi connectivity index (χ1n) is 8.77. The van der Waals surface area contributed by atoms with E-state index in [2.05, 4.69) is 10.4 Å². The molecule has 1 aromatic heterocycles. The zero-order valence-electron chi connectivity index (χ0n) is 14.5. The molecular formula is C18H19ClFN5O2. The van der Waals surface area contributed by atoms with Gasteiger partial charge >= 0.3 is 0 Å². The van der Waals surface area contributed by atoms with Gasteiger partial charge in [0.15, 0.2) is 0 Å². The second kappa shape index (κ2) is 6.94. The standard InChI is InChI=1S/C18H19ClFN5O2/c19-12-6-11(1-2-13(12)20)17-16(18(21)27)14-9-24(3-4-25(14)23-17)15(26)5-10-7-22-8-10/h1-2,6,10,22H,3-5,7-9H2,(H2,21,27). The fourth-order valence-corrected chi connectivity index (χ4v) is 3.68. The SMILES string of the molecule is NC(=O)c1c(-c2ccc(F)c(Cl)c2)nn2c1CN(C(=O)CC1CNC1)CC2. The van der Waals surface area contributed by atoms with E-state index in [4.69, 9.17) is 17.3 Å². The third kappa shape index (κ3) is 3.30. The molecule has 1 saturated heterocycles. The van der Waals surface area contributed by atoms with Crippen LogP contribution in [0, 0.1) is 11.7 Å². The van der Waals surface area contributed by atoms with Gasteiger partial charge in [-0.15, -0.1) is 0 Å². The maximum atomic E-state index is 13.5. The first kappa shape index (κ1) is 17.9. The van der Waals surface area contributed by atoms with Crippen molar-refractivity contribution in [1.82, 2.24) is 20.0 Å². The maximum absolute atomic E-state index is 13.5. The lowest BCUT2D eigenvalue weighted by Gasteiger charge is -2.32. The summed E-state index contributed by atoms with van der Waals surface area (Å²) in [6, 6.07) is 4.15. The van der Waals surface area contributed by atoms with E-state index in [0.717, 1.165) is 13.1 Å². The Labute approximate surface area is 160 Å². The molecule has 3 heterocycles. The quantitative estimate of drug-likeness (QED) is 0.823. The maximum Gasteiger partial charge on any atom is 0.252 e. The molecule has 2 aliphatic heterocycles. The van der Waals surface area contributed by atoms with E-state index in [9.17, 15) is 14.0 Å². The molecule has 0 atom stereocenters. The van der Waals surface area contributed by atoms with Gasteiger partial charge in [0.05, 0.1) is 29.4 Å². The van der Waals surface area contributed by atoms with Gasteiger partial charge < -0.3 is 16.0 Å². The van der Waals surface area contributed by atoms with Crippen molar-refractivity contribution in [2.75, 3.05) is 19.6 Å². The minimum Gasteiger partial charge on any atom is -0.365 e. The van der Waals surface area contributed by atoms with E-state index < -0.39 is 11.7 Å². The van der Waals surface area contributed by atoms with Crippen LogP contribution in [0.1, 0.15) is 22.5 Å². The number of carbonyl (C=O) groups is 2. The fourth-order valence-electron chi connectivity index (χ4n) is 3.50. The van der Waals surface area contributed by atoms with E-state index >= 15 is 0 Å². The van der Waals surface area contributed by atoms with E-state index in [-0.39, 0.29) is 23.0 Å². The number of nitrogens with one attached hydrogen (secondary N) is 1. The zero-order valence-corrected chi connectivity index (χ0v) is 15.3. The molecule has 7 nitrogen and oxygen atoms in total. The summed E-state index contributed by atoms with van der Waals surface area (Å²) in [4.78, 5) is 26.4. The van der Waals surface area contributed by atoms with Gasteiger partial charge in [0.1, 0.15) is 11.5 Å². The minimum atomic E-state index is -0.635. The third-order valence-corrected chi connectivity index (χ3v) is 5.39. The second-order valence-corrected chi connectivity index (χ2v) is 7.34. The number of carbonyl (C=O) groups excluding carboxylic acids is 2. The van der Waals surface area contributed by atoms with Gasteiger partial charge in [0.2, 0.25) is 5.91 Å². The van der Waals surface area contributed by atoms with Crippen molar-refractivity contribution in [3.63, 3.8) is 0 Å². The number of nitrogens with two attached hydrogens (primary N) is 1. The third-order valence-electron chi connectivity index (χ3n) is 5.10. The minimum absolute atomic E-state index is 0.0557. The van der Waals surface area contributed by atoms with Crippen molar-refractivity contribution in [1.29, 1.82) is 0 Å². The Kier molecular flexibility index (Phi) is 4.61. The summed E-state index contributed by atoms with van der Waals surface area (Å²) in [5, 5.41) is 7.58. The molecule has 0 aliphatic carbocycles. The van der Waals surface area contributed by atoms with Crippen LogP contribution in [-0.4, -0.2) is 46.1 Å². The van der Waals surface area contributed by atoms with Crippen LogP contribution in [0.15, 0.2) is 18.2 Å². The number of hydrogen-bond acceptors (Lipinski definition) is 4. The van der Waals surface area contributed by atoms with Crippen LogP contribution in [0.5, 0.6) is 0 Å². The van der Waals surface area contributed by atoms with Crippen molar-refractivity contribution in [3.8, 4) is 11.3 Å². The van der Waals surface area contributed by atoms with E-state index in [1.54, 1.807) is 9.58 Å². The molecule has 27 heavy (non-hydrogen) atoms. The molecule has 0 unspecified atom stereocenters. The monoisotopic (exact) mass is 391 g/mol.